The Kier molecular flexibility index (Phi) is 6.61. The van der Waals surface area contributed by atoms with Gasteiger partial charge in [-0.25, -0.2) is 0 Å². The third-order valence-electron chi connectivity index (χ3n) is 11.1. The van der Waals surface area contributed by atoms with Gasteiger partial charge >= 0.3 is 0 Å². The first-order chi connectivity index (χ1) is 18.6. The van der Waals surface area contributed by atoms with E-state index in [4.69, 9.17) is 6.58 Å². The van der Waals surface area contributed by atoms with Crippen LogP contribution in [0.2, 0.25) is 0 Å². The summed E-state index contributed by atoms with van der Waals surface area (Å²) in [6.45, 7) is 26.2. The van der Waals surface area contributed by atoms with Crippen LogP contribution in [0.15, 0.2) is 59.2 Å². The molecule has 0 aromatic heterocycles. The van der Waals surface area contributed by atoms with Crippen molar-refractivity contribution in [2.24, 2.45) is 16.2 Å². The normalized spacial score (nSPS) is 28.1. The first-order valence-corrected chi connectivity index (χ1v) is 15.0. The molecule has 5 rings (SSSR count). The van der Waals surface area contributed by atoms with Crippen LogP contribution in [-0.2, 0) is 22.4 Å². The zero-order valence-electron chi connectivity index (χ0n) is 26.3. The van der Waals surface area contributed by atoms with E-state index in [1.807, 2.05) is 6.92 Å². The molecule has 40 heavy (non-hydrogen) atoms. The summed E-state index contributed by atoms with van der Waals surface area (Å²) in [5, 5.41) is 0. The summed E-state index contributed by atoms with van der Waals surface area (Å²) < 4.78 is 0. The fourth-order valence-corrected chi connectivity index (χ4v) is 8.96. The van der Waals surface area contributed by atoms with Gasteiger partial charge in [0.05, 0.1) is 11.0 Å². The minimum atomic E-state index is -0.728. The maximum absolute atomic E-state index is 14.2. The summed E-state index contributed by atoms with van der Waals surface area (Å²) in [4.78, 5) is 26.9. The molecule has 0 saturated carbocycles. The molecule has 0 unspecified atom stereocenters. The van der Waals surface area contributed by atoms with Crippen LogP contribution >= 0.6 is 0 Å². The SMILES string of the molecule is C=C1C2=C(C)[C@@]3(C)C(=O)C(C(C)=O)=C(C)C[C@@]3(C)C[C@@]2(C)Cc2c(-c3ccc(C(C)C)cc3)cc(CC)c(C)c21. The first-order valence-electron chi connectivity index (χ1n) is 15.0. The van der Waals surface area contributed by atoms with Crippen LogP contribution < -0.4 is 0 Å². The monoisotopic (exact) mass is 534 g/mol. The van der Waals surface area contributed by atoms with E-state index >= 15 is 0 Å². The Morgan fingerprint density at radius 2 is 1.65 bits per heavy atom. The second-order valence-corrected chi connectivity index (χ2v) is 14.0. The minimum absolute atomic E-state index is 0.00172. The second-order valence-electron chi connectivity index (χ2n) is 14.0. The third kappa shape index (κ3) is 3.74. The molecule has 2 nitrogen and oxygen atoms in total. The van der Waals surface area contributed by atoms with E-state index in [1.54, 1.807) is 6.92 Å². The molecule has 0 amide bonds. The summed E-state index contributed by atoms with van der Waals surface area (Å²) in [6.07, 6.45) is 3.53. The maximum Gasteiger partial charge on any atom is 0.176 e. The Bertz CT molecular complexity index is 1540. The average Bonchev–Trinajstić information content (AvgIpc) is 2.86. The number of fused-ring (bicyclic) bond motifs is 3. The lowest BCUT2D eigenvalue weighted by molar-refractivity contribution is -0.134. The molecule has 0 aliphatic heterocycles. The lowest BCUT2D eigenvalue weighted by Crippen LogP contribution is -2.56. The van der Waals surface area contributed by atoms with E-state index in [1.165, 1.54) is 44.5 Å². The molecular weight excluding hydrogens is 488 g/mol. The molecule has 0 N–H and O–H groups in total. The van der Waals surface area contributed by atoms with Crippen molar-refractivity contribution in [2.75, 3.05) is 0 Å². The van der Waals surface area contributed by atoms with Crippen molar-refractivity contribution in [1.29, 1.82) is 0 Å². The highest BCUT2D eigenvalue weighted by Crippen LogP contribution is 2.68. The summed E-state index contributed by atoms with van der Waals surface area (Å²) in [5.41, 5.74) is 12.9. The summed E-state index contributed by atoms with van der Waals surface area (Å²) >= 11 is 0. The van der Waals surface area contributed by atoms with Gasteiger partial charge in [-0.2, -0.15) is 0 Å². The van der Waals surface area contributed by atoms with Gasteiger partial charge in [0, 0.05) is 0 Å². The van der Waals surface area contributed by atoms with Crippen molar-refractivity contribution in [3.63, 3.8) is 0 Å². The van der Waals surface area contributed by atoms with Crippen LogP contribution in [0, 0.1) is 23.2 Å². The van der Waals surface area contributed by atoms with Crippen molar-refractivity contribution in [2.45, 2.75) is 101 Å². The van der Waals surface area contributed by atoms with Gasteiger partial charge in [0.2, 0.25) is 0 Å². The summed E-state index contributed by atoms with van der Waals surface area (Å²) in [5.74, 6) is 0.390. The van der Waals surface area contributed by atoms with E-state index in [0.29, 0.717) is 11.5 Å². The number of rotatable bonds is 4. The molecule has 0 spiro atoms. The van der Waals surface area contributed by atoms with E-state index in [-0.39, 0.29) is 22.4 Å². The van der Waals surface area contributed by atoms with E-state index < -0.39 is 5.41 Å². The van der Waals surface area contributed by atoms with Crippen LogP contribution in [-0.4, -0.2) is 11.6 Å². The number of ketones is 2. The second kappa shape index (κ2) is 9.26. The largest absolute Gasteiger partial charge is 0.294 e. The number of carbonyl (C=O) groups is 2. The van der Waals surface area contributed by atoms with E-state index in [0.717, 1.165) is 42.4 Å². The van der Waals surface area contributed by atoms with Crippen molar-refractivity contribution in [1.82, 2.24) is 0 Å². The van der Waals surface area contributed by atoms with Gasteiger partial charge in [0.1, 0.15) is 0 Å². The number of allylic oxidation sites excluding steroid dienone is 5. The van der Waals surface area contributed by atoms with Gasteiger partial charge in [-0.3, -0.25) is 9.59 Å². The van der Waals surface area contributed by atoms with Gasteiger partial charge in [-0.1, -0.05) is 82.7 Å². The molecule has 0 bridgehead atoms. The van der Waals surface area contributed by atoms with Crippen molar-refractivity contribution >= 4 is 17.1 Å². The summed E-state index contributed by atoms with van der Waals surface area (Å²) in [7, 11) is 0. The number of carbonyl (C=O) groups excluding carboxylic acids is 2. The Hall–Kier alpha value is -3.00. The highest BCUT2D eigenvalue weighted by molar-refractivity contribution is 6.23. The Morgan fingerprint density at radius 1 is 1.02 bits per heavy atom. The molecular formula is C38H46O2. The minimum Gasteiger partial charge on any atom is -0.294 e. The fourth-order valence-electron chi connectivity index (χ4n) is 8.96. The van der Waals surface area contributed by atoms with Gasteiger partial charge in [-0.05, 0) is 127 Å². The highest BCUT2D eigenvalue weighted by atomic mass is 16.1. The van der Waals surface area contributed by atoms with Crippen molar-refractivity contribution in [3.05, 3.63) is 87.0 Å². The van der Waals surface area contributed by atoms with Crippen LogP contribution in [0.1, 0.15) is 109 Å². The predicted molar refractivity (Wildman–Crippen MR) is 167 cm³/mol. The Labute approximate surface area is 241 Å². The molecule has 2 aromatic carbocycles. The van der Waals surface area contributed by atoms with Gasteiger partial charge in [0.15, 0.2) is 11.6 Å². The molecule has 0 fully saturated rings. The lowest BCUT2D eigenvalue weighted by Gasteiger charge is -2.60. The molecule has 0 heterocycles. The molecule has 2 aromatic rings. The Balaban J connectivity index is 1.77. The maximum atomic E-state index is 14.2. The smallest absolute Gasteiger partial charge is 0.176 e. The molecule has 3 atom stereocenters. The van der Waals surface area contributed by atoms with Crippen LogP contribution in [0.5, 0.6) is 0 Å². The molecule has 210 valence electrons. The fraction of sp³-hybridized carbons (Fsp3) is 0.474. The number of hydrogen-bond acceptors (Lipinski definition) is 2. The van der Waals surface area contributed by atoms with Gasteiger partial charge < -0.3 is 0 Å². The zero-order chi connectivity index (χ0) is 29.5. The van der Waals surface area contributed by atoms with Gasteiger partial charge in [-0.15, -0.1) is 0 Å². The van der Waals surface area contributed by atoms with Crippen LogP contribution in [0.25, 0.3) is 16.7 Å². The Morgan fingerprint density at radius 3 is 2.20 bits per heavy atom. The van der Waals surface area contributed by atoms with E-state index in [2.05, 4.69) is 85.7 Å². The molecule has 0 saturated heterocycles. The van der Waals surface area contributed by atoms with Crippen molar-refractivity contribution in [3.8, 4) is 11.1 Å². The number of aryl methyl sites for hydroxylation is 1. The standard InChI is InChI=1S/C38H46O2/c1-12-27-17-30(29-15-13-28(14-16-29)21(2)3)31-19-36(9)20-37(10)18-22(4)32(26(8)39)35(40)38(37,11)25(7)34(36)24(6)33(31)23(27)5/h13-17,21H,6,12,18-20H2,1-5,7-11H3/t36-,37+,38+/m1/s1. The topological polar surface area (TPSA) is 34.1 Å². The quantitative estimate of drug-likeness (QED) is 0.366. The average molecular weight is 535 g/mol. The predicted octanol–water partition coefficient (Wildman–Crippen LogP) is 9.53. The van der Waals surface area contributed by atoms with Gasteiger partial charge in [0.25, 0.3) is 0 Å². The summed E-state index contributed by atoms with van der Waals surface area (Å²) in [6, 6.07) is 11.5. The van der Waals surface area contributed by atoms with Crippen LogP contribution in [0.3, 0.4) is 0 Å². The lowest BCUT2D eigenvalue weighted by atomic mass is 9.42. The van der Waals surface area contributed by atoms with Crippen LogP contribution in [0.4, 0.5) is 0 Å². The number of Topliss-reactive ketones (excluding diaryl/α,β-unsaturated/α-hetero) is 2. The number of benzene rings is 2. The number of hydrogen-bond donors (Lipinski definition) is 0. The highest BCUT2D eigenvalue weighted by Gasteiger charge is 2.62. The first kappa shape index (κ1) is 28.5. The zero-order valence-corrected chi connectivity index (χ0v) is 26.3. The molecule has 2 heteroatoms. The van der Waals surface area contributed by atoms with Crippen molar-refractivity contribution < 1.29 is 9.59 Å². The molecule has 3 aliphatic carbocycles. The van der Waals surface area contributed by atoms with E-state index in [9.17, 15) is 9.59 Å². The molecule has 0 radical (unpaired) electrons. The third-order valence-corrected chi connectivity index (χ3v) is 11.1. The molecule has 3 aliphatic rings.